The number of nitrogens with one attached hydrogen (secondary N) is 1. The summed E-state index contributed by atoms with van der Waals surface area (Å²) in [7, 11) is 1.61. The van der Waals surface area contributed by atoms with Crippen LogP contribution in [0.4, 0.5) is 0 Å². The highest BCUT2D eigenvalue weighted by Crippen LogP contribution is 2.29. The number of carbonyl (C=O) groups is 1. The van der Waals surface area contributed by atoms with Crippen molar-refractivity contribution in [2.45, 2.75) is 45.3 Å². The molecule has 1 aliphatic heterocycles. The number of nitrogens with zero attached hydrogens (tertiary/aromatic N) is 2. The third-order valence-corrected chi connectivity index (χ3v) is 6.02. The Bertz CT molecular complexity index is 1140. The normalized spacial score (nSPS) is 15.5. The molecular weight excluding hydrogens is 454 g/mol. The van der Waals surface area contributed by atoms with Crippen LogP contribution < -0.4 is 14.8 Å². The number of methoxy groups -OCH3 is 1. The maximum absolute atomic E-state index is 13.1. The van der Waals surface area contributed by atoms with Gasteiger partial charge in [-0.2, -0.15) is 5.10 Å². The molecule has 0 saturated carbocycles. The van der Waals surface area contributed by atoms with Gasteiger partial charge in [-0.15, -0.1) is 0 Å². The van der Waals surface area contributed by atoms with Crippen molar-refractivity contribution in [1.82, 2.24) is 15.1 Å². The molecule has 0 bridgehead atoms. The topological polar surface area (TPSA) is 74.6 Å². The minimum atomic E-state index is -0.186. The quantitative estimate of drug-likeness (QED) is 0.456. The van der Waals surface area contributed by atoms with Gasteiger partial charge < -0.3 is 19.5 Å². The van der Waals surface area contributed by atoms with Crippen LogP contribution >= 0.6 is 11.6 Å². The Balaban J connectivity index is 1.45. The first kappa shape index (κ1) is 24.1. The summed E-state index contributed by atoms with van der Waals surface area (Å²) in [5.74, 6) is 1.19. The highest BCUT2D eigenvalue weighted by atomic mass is 35.5. The van der Waals surface area contributed by atoms with Crippen LogP contribution in [0, 0.1) is 0 Å². The van der Waals surface area contributed by atoms with Gasteiger partial charge in [0.2, 0.25) is 0 Å². The lowest BCUT2D eigenvalue weighted by Crippen LogP contribution is -2.24. The van der Waals surface area contributed by atoms with E-state index in [1.54, 1.807) is 18.0 Å². The van der Waals surface area contributed by atoms with E-state index in [9.17, 15) is 4.79 Å². The van der Waals surface area contributed by atoms with Crippen LogP contribution in [0.25, 0.3) is 5.69 Å². The highest BCUT2D eigenvalue weighted by molar-refractivity contribution is 6.30. The largest absolute Gasteiger partial charge is 0.493 e. The summed E-state index contributed by atoms with van der Waals surface area (Å²) >= 11 is 6.16. The average molecular weight is 484 g/mol. The fourth-order valence-electron chi connectivity index (χ4n) is 4.08. The van der Waals surface area contributed by atoms with E-state index < -0.39 is 0 Å². The molecule has 8 heteroatoms. The van der Waals surface area contributed by atoms with Crippen LogP contribution in [-0.2, 0) is 11.3 Å². The van der Waals surface area contributed by atoms with E-state index in [1.807, 2.05) is 56.3 Å². The molecule has 1 aliphatic rings. The summed E-state index contributed by atoms with van der Waals surface area (Å²) in [5, 5.41) is 8.08. The van der Waals surface area contributed by atoms with Crippen LogP contribution in [0.3, 0.4) is 0 Å². The number of benzene rings is 2. The van der Waals surface area contributed by atoms with Crippen molar-refractivity contribution in [3.8, 4) is 17.2 Å². The number of ether oxygens (including phenoxy) is 3. The van der Waals surface area contributed by atoms with Crippen LogP contribution in [0.5, 0.6) is 11.5 Å². The molecule has 4 rings (SSSR count). The minimum absolute atomic E-state index is 0.0857. The van der Waals surface area contributed by atoms with Crippen molar-refractivity contribution in [3.63, 3.8) is 0 Å². The number of carbonyl (C=O) groups excluding carboxylic acids is 1. The monoisotopic (exact) mass is 483 g/mol. The molecule has 1 aromatic heterocycles. The Morgan fingerprint density at radius 2 is 2.12 bits per heavy atom. The SMILES string of the molecule is COc1cc(CNC(=O)c2cnn(-c3cccc(Cl)c3)c2C(C)C)ccc1OCC1CCCO1. The smallest absolute Gasteiger partial charge is 0.255 e. The highest BCUT2D eigenvalue weighted by Gasteiger charge is 2.21. The summed E-state index contributed by atoms with van der Waals surface area (Å²) in [6, 6.07) is 13.1. The molecule has 1 N–H and O–H groups in total. The molecule has 0 spiro atoms. The Labute approximate surface area is 205 Å². The molecule has 1 unspecified atom stereocenters. The Hall–Kier alpha value is -3.03. The van der Waals surface area contributed by atoms with Crippen molar-refractivity contribution in [3.05, 3.63) is 70.5 Å². The van der Waals surface area contributed by atoms with E-state index in [0.29, 0.717) is 35.2 Å². The number of rotatable bonds is 9. The summed E-state index contributed by atoms with van der Waals surface area (Å²) < 4.78 is 18.8. The zero-order chi connectivity index (χ0) is 24.1. The second kappa shape index (κ2) is 10.9. The minimum Gasteiger partial charge on any atom is -0.493 e. The molecule has 1 atom stereocenters. The zero-order valence-corrected chi connectivity index (χ0v) is 20.5. The summed E-state index contributed by atoms with van der Waals surface area (Å²) in [6.07, 6.45) is 3.82. The molecular formula is C26H30ClN3O4. The maximum Gasteiger partial charge on any atom is 0.255 e. The summed E-state index contributed by atoms with van der Waals surface area (Å²) in [4.78, 5) is 13.1. The fraction of sp³-hybridized carbons (Fsp3) is 0.385. The van der Waals surface area contributed by atoms with Gasteiger partial charge in [0.25, 0.3) is 5.91 Å². The number of aromatic nitrogens is 2. The Morgan fingerprint density at radius 1 is 1.26 bits per heavy atom. The molecule has 1 amide bonds. The molecule has 1 saturated heterocycles. The van der Waals surface area contributed by atoms with E-state index >= 15 is 0 Å². The van der Waals surface area contributed by atoms with Gasteiger partial charge in [0.05, 0.1) is 36.4 Å². The number of halogens is 1. The molecule has 180 valence electrons. The lowest BCUT2D eigenvalue weighted by atomic mass is 10.0. The number of hydrogen-bond acceptors (Lipinski definition) is 5. The van der Waals surface area contributed by atoms with E-state index in [4.69, 9.17) is 25.8 Å². The van der Waals surface area contributed by atoms with Crippen molar-refractivity contribution < 1.29 is 19.0 Å². The first-order chi connectivity index (χ1) is 16.5. The molecule has 34 heavy (non-hydrogen) atoms. The lowest BCUT2D eigenvalue weighted by Gasteiger charge is -2.15. The standard InChI is InChI=1S/C26H30ClN3O4/c1-17(2)25-22(15-29-30(25)20-7-4-6-19(27)13-20)26(31)28-14-18-9-10-23(24(12-18)32-3)34-16-21-8-5-11-33-21/h4,6-7,9-10,12-13,15,17,21H,5,8,11,14,16H2,1-3H3,(H,28,31). The van der Waals surface area contributed by atoms with Gasteiger partial charge in [-0.25, -0.2) is 4.68 Å². The molecule has 7 nitrogen and oxygen atoms in total. The molecule has 0 radical (unpaired) electrons. The molecule has 1 fully saturated rings. The van der Waals surface area contributed by atoms with Crippen LogP contribution in [0.1, 0.15) is 54.2 Å². The zero-order valence-electron chi connectivity index (χ0n) is 19.7. The third kappa shape index (κ3) is 5.54. The Kier molecular flexibility index (Phi) is 7.75. The van der Waals surface area contributed by atoms with Gasteiger partial charge in [-0.3, -0.25) is 4.79 Å². The van der Waals surface area contributed by atoms with E-state index in [1.165, 1.54) is 0 Å². The van der Waals surface area contributed by atoms with Gasteiger partial charge in [0.15, 0.2) is 11.5 Å². The molecule has 2 aromatic carbocycles. The van der Waals surface area contributed by atoms with Crippen LogP contribution in [-0.4, -0.2) is 42.1 Å². The number of amides is 1. The van der Waals surface area contributed by atoms with E-state index in [2.05, 4.69) is 10.4 Å². The predicted octanol–water partition coefficient (Wildman–Crippen LogP) is 5.15. The predicted molar refractivity (Wildman–Crippen MR) is 131 cm³/mol. The van der Waals surface area contributed by atoms with E-state index in [-0.39, 0.29) is 17.9 Å². The van der Waals surface area contributed by atoms with Crippen molar-refractivity contribution in [2.24, 2.45) is 0 Å². The molecule has 3 aromatic rings. The Morgan fingerprint density at radius 3 is 2.82 bits per heavy atom. The third-order valence-electron chi connectivity index (χ3n) is 5.78. The van der Waals surface area contributed by atoms with Gasteiger partial charge in [0.1, 0.15) is 6.61 Å². The lowest BCUT2D eigenvalue weighted by molar-refractivity contribution is 0.0669. The summed E-state index contributed by atoms with van der Waals surface area (Å²) in [6.45, 7) is 5.71. The van der Waals surface area contributed by atoms with E-state index in [0.717, 1.165) is 36.4 Å². The van der Waals surface area contributed by atoms with Crippen LogP contribution in [0.15, 0.2) is 48.7 Å². The fourth-order valence-corrected chi connectivity index (χ4v) is 4.26. The van der Waals surface area contributed by atoms with Crippen molar-refractivity contribution in [1.29, 1.82) is 0 Å². The summed E-state index contributed by atoms with van der Waals surface area (Å²) in [5.41, 5.74) is 3.09. The van der Waals surface area contributed by atoms with Gasteiger partial charge in [-0.05, 0) is 54.7 Å². The second-order valence-electron chi connectivity index (χ2n) is 8.60. The van der Waals surface area contributed by atoms with Gasteiger partial charge >= 0.3 is 0 Å². The maximum atomic E-state index is 13.1. The second-order valence-corrected chi connectivity index (χ2v) is 9.04. The first-order valence-electron chi connectivity index (χ1n) is 11.5. The van der Waals surface area contributed by atoms with Gasteiger partial charge in [-0.1, -0.05) is 37.6 Å². The number of hydrogen-bond donors (Lipinski definition) is 1. The van der Waals surface area contributed by atoms with Gasteiger partial charge in [0, 0.05) is 18.2 Å². The average Bonchev–Trinajstić information content (AvgIpc) is 3.51. The van der Waals surface area contributed by atoms with Crippen LogP contribution in [0.2, 0.25) is 5.02 Å². The van der Waals surface area contributed by atoms with Crippen molar-refractivity contribution in [2.75, 3.05) is 20.3 Å². The molecule has 0 aliphatic carbocycles. The molecule has 2 heterocycles. The van der Waals surface area contributed by atoms with Crippen molar-refractivity contribution >= 4 is 17.5 Å². The first-order valence-corrected chi connectivity index (χ1v) is 11.9.